The molecule has 1 aliphatic carbocycles. The average Bonchev–Trinajstić information content (AvgIpc) is 3.07. The van der Waals surface area contributed by atoms with Gasteiger partial charge in [-0.15, -0.1) is 0 Å². The zero-order chi connectivity index (χ0) is 13.6. The lowest BCUT2D eigenvalue weighted by atomic mass is 10.0. The Morgan fingerprint density at radius 2 is 2.06 bits per heavy atom. The van der Waals surface area contributed by atoms with Gasteiger partial charge in [-0.1, -0.05) is 13.3 Å². The fraction of sp³-hybridized carbons (Fsp3) is 0.833. The molecule has 104 valence electrons. The van der Waals surface area contributed by atoms with Gasteiger partial charge in [-0.2, -0.15) is 0 Å². The van der Waals surface area contributed by atoms with Gasteiger partial charge in [0.2, 0.25) is 0 Å². The lowest BCUT2D eigenvalue weighted by molar-refractivity contribution is -0.139. The number of nitrogens with one attached hydrogen (secondary N) is 2. The number of carbonyl (C=O) groups is 2. The van der Waals surface area contributed by atoms with Crippen molar-refractivity contribution in [3.63, 3.8) is 0 Å². The van der Waals surface area contributed by atoms with Crippen LogP contribution in [0.2, 0.25) is 0 Å². The van der Waals surface area contributed by atoms with E-state index in [1.54, 1.807) is 0 Å². The molecule has 1 atom stereocenters. The van der Waals surface area contributed by atoms with Crippen LogP contribution >= 0.6 is 0 Å². The summed E-state index contributed by atoms with van der Waals surface area (Å²) >= 11 is 0. The third kappa shape index (κ3) is 4.52. The van der Waals surface area contributed by atoms with Crippen molar-refractivity contribution in [2.75, 3.05) is 13.2 Å². The predicted octanol–water partition coefficient (Wildman–Crippen LogP) is 0.701. The molecular formula is C12H22N2O4. The van der Waals surface area contributed by atoms with Crippen LogP contribution in [0.5, 0.6) is 0 Å². The van der Waals surface area contributed by atoms with Gasteiger partial charge in [-0.25, -0.2) is 9.59 Å². The van der Waals surface area contributed by atoms with Crippen LogP contribution < -0.4 is 10.6 Å². The summed E-state index contributed by atoms with van der Waals surface area (Å²) in [5.41, 5.74) is 0.238. The van der Waals surface area contributed by atoms with Crippen molar-refractivity contribution >= 4 is 12.0 Å². The predicted molar refractivity (Wildman–Crippen MR) is 66.2 cm³/mol. The fourth-order valence-electron chi connectivity index (χ4n) is 2.09. The molecule has 6 nitrogen and oxygen atoms in total. The number of carboxylic acids is 1. The van der Waals surface area contributed by atoms with Crippen molar-refractivity contribution in [2.24, 2.45) is 5.41 Å². The van der Waals surface area contributed by atoms with Gasteiger partial charge in [0, 0.05) is 19.6 Å². The smallest absolute Gasteiger partial charge is 0.326 e. The molecule has 4 N–H and O–H groups in total. The number of aliphatic carboxylic acids is 1. The summed E-state index contributed by atoms with van der Waals surface area (Å²) in [7, 11) is 0. The highest BCUT2D eigenvalue weighted by molar-refractivity contribution is 5.82. The first kappa shape index (κ1) is 14.8. The third-order valence-electron chi connectivity index (χ3n) is 3.38. The normalized spacial score (nSPS) is 17.9. The molecule has 1 fully saturated rings. The van der Waals surface area contributed by atoms with E-state index < -0.39 is 18.0 Å². The Bertz CT molecular complexity index is 302. The van der Waals surface area contributed by atoms with Crippen LogP contribution in [0, 0.1) is 5.41 Å². The van der Waals surface area contributed by atoms with E-state index in [0.29, 0.717) is 6.54 Å². The van der Waals surface area contributed by atoms with Crippen molar-refractivity contribution in [1.82, 2.24) is 10.6 Å². The molecule has 6 heteroatoms. The summed E-state index contributed by atoms with van der Waals surface area (Å²) in [6.07, 6.45) is 4.45. The van der Waals surface area contributed by atoms with Gasteiger partial charge in [-0.3, -0.25) is 0 Å². The monoisotopic (exact) mass is 258 g/mol. The zero-order valence-corrected chi connectivity index (χ0v) is 10.7. The molecule has 0 aromatic heterocycles. The zero-order valence-electron chi connectivity index (χ0n) is 10.7. The van der Waals surface area contributed by atoms with Crippen LogP contribution in [0.4, 0.5) is 4.79 Å². The quantitative estimate of drug-likeness (QED) is 0.515. The van der Waals surface area contributed by atoms with Gasteiger partial charge in [0.1, 0.15) is 6.04 Å². The highest BCUT2D eigenvalue weighted by Crippen LogP contribution is 2.48. The maximum absolute atomic E-state index is 11.5. The molecule has 0 aromatic rings. The number of carbonyl (C=O) groups excluding carboxylic acids is 1. The maximum Gasteiger partial charge on any atom is 0.326 e. The Hall–Kier alpha value is -1.30. The summed E-state index contributed by atoms with van der Waals surface area (Å²) in [4.78, 5) is 22.3. The van der Waals surface area contributed by atoms with Gasteiger partial charge in [0.15, 0.2) is 0 Å². The SMILES string of the molecule is CCCC1(CNC(=O)N[C@@H](CCO)C(=O)O)CC1. The fourth-order valence-corrected chi connectivity index (χ4v) is 2.09. The minimum Gasteiger partial charge on any atom is -0.480 e. The summed E-state index contributed by atoms with van der Waals surface area (Å²) < 4.78 is 0. The number of rotatable bonds is 8. The summed E-state index contributed by atoms with van der Waals surface area (Å²) in [6.45, 7) is 2.44. The second-order valence-corrected chi connectivity index (χ2v) is 4.98. The van der Waals surface area contributed by atoms with Crippen LogP contribution in [0.15, 0.2) is 0 Å². The molecule has 0 bridgehead atoms. The Morgan fingerprint density at radius 1 is 1.39 bits per heavy atom. The van der Waals surface area contributed by atoms with E-state index in [1.807, 2.05) is 0 Å². The molecule has 0 spiro atoms. The molecule has 0 saturated heterocycles. The number of urea groups is 1. The number of hydrogen-bond acceptors (Lipinski definition) is 3. The second-order valence-electron chi connectivity index (χ2n) is 4.98. The van der Waals surface area contributed by atoms with Crippen LogP contribution in [-0.2, 0) is 4.79 Å². The van der Waals surface area contributed by atoms with Gasteiger partial charge < -0.3 is 20.8 Å². The third-order valence-corrected chi connectivity index (χ3v) is 3.38. The molecule has 0 aromatic carbocycles. The largest absolute Gasteiger partial charge is 0.480 e. The van der Waals surface area contributed by atoms with Crippen molar-refractivity contribution < 1.29 is 19.8 Å². The standard InChI is InChI=1S/C12H22N2O4/c1-2-4-12(5-6-12)8-13-11(18)14-9(3-7-15)10(16)17/h9,15H,2-8H2,1H3,(H,16,17)(H2,13,14,18)/t9-/m0/s1. The van der Waals surface area contributed by atoms with Crippen LogP contribution in [0.1, 0.15) is 39.0 Å². The summed E-state index contributed by atoms with van der Waals surface area (Å²) in [5.74, 6) is -1.13. The first-order valence-corrected chi connectivity index (χ1v) is 6.41. The van der Waals surface area contributed by atoms with Gasteiger partial charge in [0.25, 0.3) is 0 Å². The van der Waals surface area contributed by atoms with E-state index in [0.717, 1.165) is 25.7 Å². The minimum absolute atomic E-state index is 0.0167. The summed E-state index contributed by atoms with van der Waals surface area (Å²) in [6, 6.07) is -1.51. The van der Waals surface area contributed by atoms with Crippen molar-refractivity contribution in [2.45, 2.75) is 45.1 Å². The lowest BCUT2D eigenvalue weighted by Crippen LogP contribution is -2.47. The maximum atomic E-state index is 11.5. The Morgan fingerprint density at radius 3 is 2.50 bits per heavy atom. The number of aliphatic hydroxyl groups is 1. The van der Waals surface area contributed by atoms with Crippen molar-refractivity contribution in [1.29, 1.82) is 0 Å². The van der Waals surface area contributed by atoms with Crippen molar-refractivity contribution in [3.05, 3.63) is 0 Å². The first-order chi connectivity index (χ1) is 8.53. The molecule has 0 unspecified atom stereocenters. The topological polar surface area (TPSA) is 98.7 Å². The van der Waals surface area contributed by atoms with Crippen LogP contribution in [0.25, 0.3) is 0 Å². The van der Waals surface area contributed by atoms with E-state index in [2.05, 4.69) is 17.6 Å². The molecule has 1 aliphatic rings. The average molecular weight is 258 g/mol. The van der Waals surface area contributed by atoms with E-state index in [-0.39, 0.29) is 18.4 Å². The molecule has 1 rings (SSSR count). The minimum atomic E-state index is -1.13. The Balaban J connectivity index is 2.30. The van der Waals surface area contributed by atoms with E-state index in [4.69, 9.17) is 10.2 Å². The number of carboxylic acid groups (broad SMARTS) is 1. The number of hydrogen-bond donors (Lipinski definition) is 4. The number of aliphatic hydroxyl groups excluding tert-OH is 1. The Kier molecular flexibility index (Phi) is 5.40. The summed E-state index contributed by atoms with van der Waals surface area (Å²) in [5, 5.41) is 22.6. The lowest BCUT2D eigenvalue weighted by Gasteiger charge is -2.17. The second kappa shape index (κ2) is 6.58. The van der Waals surface area contributed by atoms with Gasteiger partial charge >= 0.3 is 12.0 Å². The van der Waals surface area contributed by atoms with Gasteiger partial charge in [0.05, 0.1) is 0 Å². The van der Waals surface area contributed by atoms with Gasteiger partial charge in [-0.05, 0) is 24.7 Å². The molecule has 0 aliphatic heterocycles. The van der Waals surface area contributed by atoms with E-state index >= 15 is 0 Å². The molecule has 0 radical (unpaired) electrons. The number of amides is 2. The molecule has 0 heterocycles. The van der Waals surface area contributed by atoms with E-state index in [9.17, 15) is 9.59 Å². The van der Waals surface area contributed by atoms with E-state index in [1.165, 1.54) is 0 Å². The molecule has 18 heavy (non-hydrogen) atoms. The van der Waals surface area contributed by atoms with Crippen LogP contribution in [-0.4, -0.2) is 41.4 Å². The molecule has 2 amide bonds. The van der Waals surface area contributed by atoms with Crippen LogP contribution in [0.3, 0.4) is 0 Å². The Labute approximate surface area is 107 Å². The highest BCUT2D eigenvalue weighted by Gasteiger charge is 2.41. The highest BCUT2D eigenvalue weighted by atomic mass is 16.4. The van der Waals surface area contributed by atoms with Crippen molar-refractivity contribution in [3.8, 4) is 0 Å². The first-order valence-electron chi connectivity index (χ1n) is 6.41. The molecular weight excluding hydrogens is 236 g/mol. The molecule has 1 saturated carbocycles.